The first kappa shape index (κ1) is 9.97. The monoisotopic (exact) mass is 197 g/mol. The minimum atomic E-state index is -0.677. The van der Waals surface area contributed by atoms with Gasteiger partial charge in [0.05, 0.1) is 0 Å². The number of hydrogen-bond donors (Lipinski definition) is 2. The molecule has 80 valence electrons. The largest absolute Gasteiger partial charge is 0.480 e. The van der Waals surface area contributed by atoms with E-state index in [2.05, 4.69) is 5.32 Å². The smallest absolute Gasteiger partial charge is 0.320 e. The van der Waals surface area contributed by atoms with E-state index in [4.69, 9.17) is 5.11 Å². The lowest BCUT2D eigenvalue weighted by Crippen LogP contribution is -2.39. The summed E-state index contributed by atoms with van der Waals surface area (Å²) in [4.78, 5) is 10.8. The van der Waals surface area contributed by atoms with E-state index in [1.807, 2.05) is 0 Å². The van der Waals surface area contributed by atoms with Crippen LogP contribution in [-0.4, -0.2) is 23.2 Å². The fourth-order valence-electron chi connectivity index (χ4n) is 2.87. The maximum atomic E-state index is 10.8. The normalized spacial score (nSPS) is 34.6. The van der Waals surface area contributed by atoms with E-state index in [9.17, 15) is 4.79 Å². The number of carbonyl (C=O) groups is 1. The van der Waals surface area contributed by atoms with Crippen molar-refractivity contribution in [2.45, 2.75) is 57.0 Å². The molecule has 0 radical (unpaired) electrons. The van der Waals surface area contributed by atoms with Crippen LogP contribution in [0.4, 0.5) is 0 Å². The fourth-order valence-corrected chi connectivity index (χ4v) is 2.87. The highest BCUT2D eigenvalue weighted by Crippen LogP contribution is 2.31. The van der Waals surface area contributed by atoms with Gasteiger partial charge in [-0.15, -0.1) is 0 Å². The summed E-state index contributed by atoms with van der Waals surface area (Å²) in [6.45, 7) is 0. The molecule has 0 spiro atoms. The van der Waals surface area contributed by atoms with Gasteiger partial charge in [0, 0.05) is 6.04 Å². The van der Waals surface area contributed by atoms with Gasteiger partial charge in [0.15, 0.2) is 0 Å². The van der Waals surface area contributed by atoms with Gasteiger partial charge in [-0.2, -0.15) is 0 Å². The molecule has 3 nitrogen and oxygen atoms in total. The predicted molar refractivity (Wildman–Crippen MR) is 54.2 cm³/mol. The van der Waals surface area contributed by atoms with Gasteiger partial charge in [-0.25, -0.2) is 0 Å². The molecule has 0 amide bonds. The zero-order valence-corrected chi connectivity index (χ0v) is 8.54. The Hall–Kier alpha value is -0.570. The van der Waals surface area contributed by atoms with Gasteiger partial charge >= 0.3 is 5.97 Å². The average molecular weight is 197 g/mol. The molecule has 2 N–H and O–H groups in total. The van der Waals surface area contributed by atoms with Crippen LogP contribution in [0.3, 0.4) is 0 Å². The van der Waals surface area contributed by atoms with E-state index in [0.717, 1.165) is 18.8 Å². The third-order valence-electron chi connectivity index (χ3n) is 3.70. The van der Waals surface area contributed by atoms with E-state index in [1.54, 1.807) is 0 Å². The molecule has 1 aliphatic heterocycles. The number of carboxylic acid groups (broad SMARTS) is 1. The van der Waals surface area contributed by atoms with Crippen LogP contribution in [0.15, 0.2) is 0 Å². The number of carboxylic acids is 1. The van der Waals surface area contributed by atoms with Crippen LogP contribution in [0.5, 0.6) is 0 Å². The van der Waals surface area contributed by atoms with Gasteiger partial charge in [0.2, 0.25) is 0 Å². The van der Waals surface area contributed by atoms with E-state index in [0.29, 0.717) is 6.04 Å². The Morgan fingerprint density at radius 3 is 2.36 bits per heavy atom. The molecule has 2 fully saturated rings. The Bertz CT molecular complexity index is 211. The van der Waals surface area contributed by atoms with Crippen LogP contribution < -0.4 is 5.32 Å². The fraction of sp³-hybridized carbons (Fsp3) is 0.909. The van der Waals surface area contributed by atoms with Crippen LogP contribution in [0.2, 0.25) is 0 Å². The third kappa shape index (κ3) is 2.08. The highest BCUT2D eigenvalue weighted by atomic mass is 16.4. The number of nitrogens with one attached hydrogen (secondary N) is 1. The molecule has 2 atom stereocenters. The predicted octanol–water partition coefficient (Wildman–Crippen LogP) is 1.77. The first-order valence-electron chi connectivity index (χ1n) is 5.76. The van der Waals surface area contributed by atoms with Crippen molar-refractivity contribution >= 4 is 5.97 Å². The molecule has 0 unspecified atom stereocenters. The molecule has 0 aromatic heterocycles. The summed E-state index contributed by atoms with van der Waals surface area (Å²) in [5.41, 5.74) is 0. The highest BCUT2D eigenvalue weighted by Gasteiger charge is 2.33. The lowest BCUT2D eigenvalue weighted by atomic mass is 9.83. The zero-order chi connectivity index (χ0) is 9.97. The first-order chi connectivity index (χ1) is 6.77. The molecule has 0 aromatic carbocycles. The number of rotatable bonds is 2. The van der Waals surface area contributed by atoms with Crippen molar-refractivity contribution in [2.75, 3.05) is 0 Å². The molecular weight excluding hydrogens is 178 g/mol. The second-order valence-electron chi connectivity index (χ2n) is 4.64. The van der Waals surface area contributed by atoms with Crippen molar-refractivity contribution in [3.05, 3.63) is 0 Å². The summed E-state index contributed by atoms with van der Waals surface area (Å²) in [6.07, 6.45) is 8.50. The molecule has 1 aliphatic carbocycles. The van der Waals surface area contributed by atoms with Crippen molar-refractivity contribution in [1.29, 1.82) is 0 Å². The molecule has 1 saturated heterocycles. The lowest BCUT2D eigenvalue weighted by molar-refractivity contribution is -0.139. The summed E-state index contributed by atoms with van der Waals surface area (Å²) < 4.78 is 0. The summed E-state index contributed by atoms with van der Waals surface area (Å²) in [5, 5.41) is 12.1. The Kier molecular flexibility index (Phi) is 3.06. The van der Waals surface area contributed by atoms with Crippen LogP contribution >= 0.6 is 0 Å². The minimum absolute atomic E-state index is 0.276. The van der Waals surface area contributed by atoms with Crippen molar-refractivity contribution in [2.24, 2.45) is 5.92 Å². The Morgan fingerprint density at radius 1 is 1.07 bits per heavy atom. The maximum Gasteiger partial charge on any atom is 0.320 e. The van der Waals surface area contributed by atoms with Crippen molar-refractivity contribution in [3.63, 3.8) is 0 Å². The Balaban J connectivity index is 1.85. The van der Waals surface area contributed by atoms with Gasteiger partial charge in [0.1, 0.15) is 6.04 Å². The summed E-state index contributed by atoms with van der Waals surface area (Å²) in [7, 11) is 0. The van der Waals surface area contributed by atoms with Gasteiger partial charge < -0.3 is 10.4 Å². The topological polar surface area (TPSA) is 49.3 Å². The van der Waals surface area contributed by atoms with E-state index >= 15 is 0 Å². The molecule has 0 bridgehead atoms. The molecular formula is C11H19NO2. The van der Waals surface area contributed by atoms with Crippen LogP contribution in [0, 0.1) is 5.92 Å². The lowest BCUT2D eigenvalue weighted by Gasteiger charge is -2.27. The second kappa shape index (κ2) is 4.30. The Morgan fingerprint density at radius 2 is 1.79 bits per heavy atom. The standard InChI is InChI=1S/C11H19NO2/c13-11(14)10-7-6-9(12-10)8-4-2-1-3-5-8/h8-10,12H,1-7H2,(H,13,14)/t9-,10+/m1/s1. The minimum Gasteiger partial charge on any atom is -0.480 e. The molecule has 2 aliphatic rings. The van der Waals surface area contributed by atoms with Crippen molar-refractivity contribution in [3.8, 4) is 0 Å². The van der Waals surface area contributed by atoms with Gasteiger partial charge in [0.25, 0.3) is 0 Å². The number of hydrogen-bond acceptors (Lipinski definition) is 2. The molecule has 2 rings (SSSR count). The number of aliphatic carboxylic acids is 1. The SMILES string of the molecule is O=C(O)[C@@H]1CC[C@H](C2CCCCC2)N1. The molecule has 1 heterocycles. The molecule has 14 heavy (non-hydrogen) atoms. The van der Waals surface area contributed by atoms with Gasteiger partial charge in [-0.05, 0) is 31.6 Å². The van der Waals surface area contributed by atoms with E-state index < -0.39 is 5.97 Å². The van der Waals surface area contributed by atoms with Gasteiger partial charge in [-0.3, -0.25) is 4.79 Å². The molecule has 1 saturated carbocycles. The van der Waals surface area contributed by atoms with Crippen molar-refractivity contribution < 1.29 is 9.90 Å². The zero-order valence-electron chi connectivity index (χ0n) is 8.54. The average Bonchev–Trinajstić information content (AvgIpc) is 2.68. The van der Waals surface area contributed by atoms with E-state index in [1.165, 1.54) is 32.1 Å². The van der Waals surface area contributed by atoms with Crippen LogP contribution in [0.1, 0.15) is 44.9 Å². The van der Waals surface area contributed by atoms with E-state index in [-0.39, 0.29) is 6.04 Å². The maximum absolute atomic E-state index is 10.8. The third-order valence-corrected chi connectivity index (χ3v) is 3.70. The van der Waals surface area contributed by atoms with Gasteiger partial charge in [-0.1, -0.05) is 19.3 Å². The Labute approximate surface area is 84.9 Å². The van der Waals surface area contributed by atoms with Crippen LogP contribution in [0.25, 0.3) is 0 Å². The first-order valence-corrected chi connectivity index (χ1v) is 5.76. The highest BCUT2D eigenvalue weighted by molar-refractivity contribution is 5.73. The summed E-state index contributed by atoms with van der Waals surface area (Å²) >= 11 is 0. The van der Waals surface area contributed by atoms with Crippen LogP contribution in [-0.2, 0) is 4.79 Å². The molecule has 3 heteroatoms. The summed E-state index contributed by atoms with van der Waals surface area (Å²) in [6, 6.07) is 0.207. The second-order valence-corrected chi connectivity index (χ2v) is 4.64. The van der Waals surface area contributed by atoms with Crippen molar-refractivity contribution in [1.82, 2.24) is 5.32 Å². The quantitative estimate of drug-likeness (QED) is 0.709. The summed E-state index contributed by atoms with van der Waals surface area (Å²) in [5.74, 6) is 0.0661. The molecule has 0 aromatic rings.